The highest BCUT2D eigenvalue weighted by Gasteiger charge is 2.21. The van der Waals surface area contributed by atoms with Gasteiger partial charge in [-0.05, 0) is 61.1 Å². The van der Waals surface area contributed by atoms with E-state index in [9.17, 15) is 13.2 Å². The van der Waals surface area contributed by atoms with Gasteiger partial charge in [-0.2, -0.15) is 0 Å². The SMILES string of the molecule is O=C1CCc2cc(S(=O)(=O)Nc3cnc4c(c3)CCC4)ccc2N1. The molecule has 0 fully saturated rings. The number of nitrogens with zero attached hydrogens (tertiary/aromatic N) is 1. The van der Waals surface area contributed by atoms with Gasteiger partial charge in [-0.25, -0.2) is 8.42 Å². The largest absolute Gasteiger partial charge is 0.326 e. The highest BCUT2D eigenvalue weighted by atomic mass is 32.2. The number of pyridine rings is 1. The summed E-state index contributed by atoms with van der Waals surface area (Å²) in [5, 5.41) is 2.75. The van der Waals surface area contributed by atoms with Crippen LogP contribution in [0.15, 0.2) is 35.4 Å². The third-order valence-electron chi connectivity index (χ3n) is 4.45. The lowest BCUT2D eigenvalue weighted by atomic mass is 10.0. The predicted molar refractivity (Wildman–Crippen MR) is 90.5 cm³/mol. The summed E-state index contributed by atoms with van der Waals surface area (Å²) in [6, 6.07) is 6.64. The molecule has 1 amide bonds. The van der Waals surface area contributed by atoms with Crippen LogP contribution >= 0.6 is 0 Å². The van der Waals surface area contributed by atoms with Crippen molar-refractivity contribution in [3.05, 3.63) is 47.3 Å². The van der Waals surface area contributed by atoms with Crippen molar-refractivity contribution < 1.29 is 13.2 Å². The van der Waals surface area contributed by atoms with Crippen LogP contribution in [0.2, 0.25) is 0 Å². The second kappa shape index (κ2) is 5.59. The first-order valence-electron chi connectivity index (χ1n) is 7.95. The number of anilines is 2. The topological polar surface area (TPSA) is 88.2 Å². The van der Waals surface area contributed by atoms with Gasteiger partial charge in [0.1, 0.15) is 0 Å². The number of rotatable bonds is 3. The van der Waals surface area contributed by atoms with Gasteiger partial charge in [-0.3, -0.25) is 14.5 Å². The lowest BCUT2D eigenvalue weighted by Gasteiger charge is -2.18. The number of aryl methyl sites for hydroxylation is 3. The summed E-state index contributed by atoms with van der Waals surface area (Å²) in [5.41, 5.74) is 4.18. The lowest BCUT2D eigenvalue weighted by Crippen LogP contribution is -2.20. The molecule has 0 bridgehead atoms. The number of carbonyl (C=O) groups is 1. The van der Waals surface area contributed by atoms with E-state index in [2.05, 4.69) is 15.0 Å². The highest BCUT2D eigenvalue weighted by molar-refractivity contribution is 7.92. The maximum atomic E-state index is 12.6. The van der Waals surface area contributed by atoms with Crippen molar-refractivity contribution in [3.8, 4) is 0 Å². The molecule has 124 valence electrons. The van der Waals surface area contributed by atoms with Gasteiger partial charge in [-0.1, -0.05) is 0 Å². The van der Waals surface area contributed by atoms with Crippen molar-refractivity contribution in [3.63, 3.8) is 0 Å². The average Bonchev–Trinajstić information content (AvgIpc) is 3.01. The van der Waals surface area contributed by atoms with Gasteiger partial charge in [0.2, 0.25) is 5.91 Å². The Labute approximate surface area is 140 Å². The number of benzene rings is 1. The van der Waals surface area contributed by atoms with Crippen molar-refractivity contribution >= 4 is 27.3 Å². The Balaban J connectivity index is 1.62. The molecule has 2 aromatic rings. The van der Waals surface area contributed by atoms with Gasteiger partial charge in [-0.15, -0.1) is 0 Å². The number of amides is 1. The third-order valence-corrected chi connectivity index (χ3v) is 5.83. The minimum absolute atomic E-state index is 0.0413. The Morgan fingerprint density at radius 3 is 2.79 bits per heavy atom. The van der Waals surface area contributed by atoms with Crippen LogP contribution in [0.4, 0.5) is 11.4 Å². The van der Waals surface area contributed by atoms with E-state index in [1.165, 1.54) is 6.07 Å². The number of fused-ring (bicyclic) bond motifs is 2. The molecule has 6 nitrogen and oxygen atoms in total. The minimum Gasteiger partial charge on any atom is -0.326 e. The Bertz CT molecular complexity index is 938. The lowest BCUT2D eigenvalue weighted by molar-refractivity contribution is -0.116. The molecule has 1 aromatic carbocycles. The molecular weight excluding hydrogens is 326 g/mol. The van der Waals surface area contributed by atoms with E-state index < -0.39 is 10.0 Å². The number of hydrogen-bond acceptors (Lipinski definition) is 4. The van der Waals surface area contributed by atoms with Crippen molar-refractivity contribution in [2.75, 3.05) is 10.0 Å². The summed E-state index contributed by atoms with van der Waals surface area (Å²) < 4.78 is 27.9. The van der Waals surface area contributed by atoms with Crippen LogP contribution in [0.5, 0.6) is 0 Å². The third kappa shape index (κ3) is 2.75. The van der Waals surface area contributed by atoms with Crippen LogP contribution in [-0.2, 0) is 34.1 Å². The molecule has 7 heteroatoms. The Kier molecular flexibility index (Phi) is 3.53. The normalized spacial score (nSPS) is 16.2. The molecule has 1 aliphatic carbocycles. The van der Waals surface area contributed by atoms with E-state index >= 15 is 0 Å². The standard InChI is InChI=1S/C17H17N3O3S/c21-17-7-4-12-9-14(5-6-16(12)19-17)24(22,23)20-13-8-11-2-1-3-15(11)18-10-13/h5-6,8-10,20H,1-4,7H2,(H,19,21). The quantitative estimate of drug-likeness (QED) is 0.895. The summed E-state index contributed by atoms with van der Waals surface area (Å²) >= 11 is 0. The van der Waals surface area contributed by atoms with Gasteiger partial charge < -0.3 is 5.32 Å². The summed E-state index contributed by atoms with van der Waals surface area (Å²) in [7, 11) is -3.68. The van der Waals surface area contributed by atoms with Gasteiger partial charge in [0.15, 0.2) is 0 Å². The average molecular weight is 343 g/mol. The van der Waals surface area contributed by atoms with E-state index in [0.29, 0.717) is 24.2 Å². The van der Waals surface area contributed by atoms with E-state index in [-0.39, 0.29) is 10.8 Å². The van der Waals surface area contributed by atoms with Crippen LogP contribution in [0.1, 0.15) is 29.7 Å². The second-order valence-electron chi connectivity index (χ2n) is 6.16. The summed E-state index contributed by atoms with van der Waals surface area (Å²) in [6.07, 6.45) is 5.45. The molecule has 0 spiro atoms. The number of sulfonamides is 1. The fourth-order valence-corrected chi connectivity index (χ4v) is 4.31. The zero-order valence-corrected chi connectivity index (χ0v) is 13.8. The number of hydrogen-bond donors (Lipinski definition) is 2. The van der Waals surface area contributed by atoms with Crippen molar-refractivity contribution in [1.29, 1.82) is 0 Å². The molecule has 1 aliphatic heterocycles. The van der Waals surface area contributed by atoms with Gasteiger partial charge in [0.05, 0.1) is 16.8 Å². The minimum atomic E-state index is -3.68. The zero-order chi connectivity index (χ0) is 16.7. The Morgan fingerprint density at radius 1 is 1.04 bits per heavy atom. The van der Waals surface area contributed by atoms with Crippen LogP contribution in [0, 0.1) is 0 Å². The highest BCUT2D eigenvalue weighted by Crippen LogP contribution is 2.27. The molecule has 2 heterocycles. The summed E-state index contributed by atoms with van der Waals surface area (Å²) in [6.45, 7) is 0. The van der Waals surface area contributed by atoms with Gasteiger partial charge in [0.25, 0.3) is 10.0 Å². The predicted octanol–water partition coefficient (Wildman–Crippen LogP) is 2.26. The van der Waals surface area contributed by atoms with Crippen molar-refractivity contribution in [2.24, 2.45) is 0 Å². The molecule has 24 heavy (non-hydrogen) atoms. The molecular formula is C17H17N3O3S. The zero-order valence-electron chi connectivity index (χ0n) is 13.0. The maximum Gasteiger partial charge on any atom is 0.261 e. The monoisotopic (exact) mass is 343 g/mol. The molecule has 2 aliphatic rings. The molecule has 2 N–H and O–H groups in total. The molecule has 0 saturated carbocycles. The summed E-state index contributed by atoms with van der Waals surface area (Å²) in [4.78, 5) is 15.9. The molecule has 0 atom stereocenters. The molecule has 1 aromatic heterocycles. The first kappa shape index (κ1) is 15.1. The maximum absolute atomic E-state index is 12.6. The smallest absolute Gasteiger partial charge is 0.261 e. The first-order chi connectivity index (χ1) is 11.5. The molecule has 4 rings (SSSR count). The van der Waals surface area contributed by atoms with Crippen molar-refractivity contribution in [1.82, 2.24) is 4.98 Å². The van der Waals surface area contributed by atoms with Gasteiger partial charge >= 0.3 is 0 Å². The van der Waals surface area contributed by atoms with Crippen molar-refractivity contribution in [2.45, 2.75) is 37.0 Å². The Hall–Kier alpha value is -2.41. The van der Waals surface area contributed by atoms with Crippen LogP contribution in [-0.4, -0.2) is 19.3 Å². The fourth-order valence-electron chi connectivity index (χ4n) is 3.22. The van der Waals surface area contributed by atoms with E-state index in [1.54, 1.807) is 18.3 Å². The molecule has 0 saturated heterocycles. The number of carbonyl (C=O) groups excluding carboxylic acids is 1. The van der Waals surface area contributed by atoms with E-state index in [1.807, 2.05) is 6.07 Å². The van der Waals surface area contributed by atoms with E-state index in [4.69, 9.17) is 0 Å². The van der Waals surface area contributed by atoms with Crippen LogP contribution in [0.3, 0.4) is 0 Å². The van der Waals surface area contributed by atoms with Crippen LogP contribution < -0.4 is 10.0 Å². The number of aromatic nitrogens is 1. The molecule has 0 unspecified atom stereocenters. The van der Waals surface area contributed by atoms with E-state index in [0.717, 1.165) is 36.1 Å². The Morgan fingerprint density at radius 2 is 1.92 bits per heavy atom. The fraction of sp³-hybridized carbons (Fsp3) is 0.294. The van der Waals surface area contributed by atoms with Gasteiger partial charge in [0, 0.05) is 17.8 Å². The number of nitrogens with one attached hydrogen (secondary N) is 2. The summed E-state index contributed by atoms with van der Waals surface area (Å²) in [5.74, 6) is -0.0413. The molecule has 0 radical (unpaired) electrons. The first-order valence-corrected chi connectivity index (χ1v) is 9.43. The second-order valence-corrected chi connectivity index (χ2v) is 7.84. The van der Waals surface area contributed by atoms with Crippen LogP contribution in [0.25, 0.3) is 0 Å².